The minimum Gasteiger partial charge on any atom is -0.467 e. The number of fused-ring (bicyclic) bond motifs is 2. The number of pyridine rings is 2. The predicted molar refractivity (Wildman–Crippen MR) is 116 cm³/mol. The molecule has 1 saturated heterocycles. The van der Waals surface area contributed by atoms with Crippen LogP contribution >= 0.6 is 0 Å². The molecule has 0 spiro atoms. The van der Waals surface area contributed by atoms with Gasteiger partial charge in [0.2, 0.25) is 0 Å². The minimum atomic E-state index is -0.455. The van der Waals surface area contributed by atoms with E-state index in [9.17, 15) is 9.59 Å². The first-order valence-electron chi connectivity index (χ1n) is 10.6. The Balaban J connectivity index is 1.68. The molecule has 0 aromatic carbocycles. The van der Waals surface area contributed by atoms with Crippen LogP contribution in [-0.4, -0.2) is 32.6 Å². The molecular formula is C23H23N5O4. The third kappa shape index (κ3) is 3.50. The first kappa shape index (κ1) is 20.2. The monoisotopic (exact) mass is 433 g/mol. The first-order chi connectivity index (χ1) is 15.5. The molecule has 0 saturated carbocycles. The van der Waals surface area contributed by atoms with Crippen molar-refractivity contribution in [3.8, 4) is 0 Å². The second kappa shape index (κ2) is 8.08. The average molecular weight is 433 g/mol. The molecule has 0 unspecified atom stereocenters. The van der Waals surface area contributed by atoms with Gasteiger partial charge >= 0.3 is 0 Å². The number of amides is 1. The highest BCUT2D eigenvalue weighted by molar-refractivity contribution is 5.96. The molecule has 5 rings (SSSR count). The molecule has 5 heterocycles. The predicted octanol–water partition coefficient (Wildman–Crippen LogP) is 2.14. The molecular weight excluding hydrogens is 410 g/mol. The van der Waals surface area contributed by atoms with E-state index in [0.29, 0.717) is 30.2 Å². The number of hydrogen-bond donors (Lipinski definition) is 2. The fourth-order valence-corrected chi connectivity index (χ4v) is 4.12. The van der Waals surface area contributed by atoms with Crippen LogP contribution in [0.4, 0.5) is 0 Å². The van der Waals surface area contributed by atoms with Crippen LogP contribution in [-0.2, 0) is 17.8 Å². The highest BCUT2D eigenvalue weighted by atomic mass is 16.5. The largest absolute Gasteiger partial charge is 0.467 e. The maximum Gasteiger partial charge on any atom is 0.267 e. The van der Waals surface area contributed by atoms with Crippen LogP contribution in [0.15, 0.2) is 52.0 Å². The molecule has 0 aliphatic carbocycles. The highest BCUT2D eigenvalue weighted by Gasteiger charge is 2.22. The third-order valence-corrected chi connectivity index (χ3v) is 5.79. The van der Waals surface area contributed by atoms with Crippen LogP contribution < -0.4 is 16.4 Å². The molecule has 1 aliphatic rings. The summed E-state index contributed by atoms with van der Waals surface area (Å²) < 4.78 is 14.1. The maximum atomic E-state index is 13.3. The second-order valence-corrected chi connectivity index (χ2v) is 7.95. The van der Waals surface area contributed by atoms with Gasteiger partial charge in [-0.3, -0.25) is 19.4 Å². The van der Waals surface area contributed by atoms with Crippen LogP contribution in [0.1, 0.15) is 34.5 Å². The lowest BCUT2D eigenvalue weighted by Gasteiger charge is -2.17. The van der Waals surface area contributed by atoms with Gasteiger partial charge in [0.1, 0.15) is 22.5 Å². The van der Waals surface area contributed by atoms with E-state index in [2.05, 4.69) is 5.32 Å². The van der Waals surface area contributed by atoms with E-state index in [-0.39, 0.29) is 34.6 Å². The fourth-order valence-electron chi connectivity index (χ4n) is 4.12. The smallest absolute Gasteiger partial charge is 0.267 e. The molecule has 4 aromatic heterocycles. The minimum absolute atomic E-state index is 0.00483. The number of ether oxygens (including phenoxy) is 1. The Hall–Kier alpha value is -3.72. The number of rotatable bonds is 5. The molecule has 0 radical (unpaired) electrons. The van der Waals surface area contributed by atoms with Crippen molar-refractivity contribution in [2.45, 2.75) is 39.0 Å². The van der Waals surface area contributed by atoms with E-state index in [1.807, 2.05) is 13.0 Å². The van der Waals surface area contributed by atoms with Crippen molar-refractivity contribution in [2.24, 2.45) is 0 Å². The summed E-state index contributed by atoms with van der Waals surface area (Å²) in [6, 6.07) is 8.63. The van der Waals surface area contributed by atoms with Crippen LogP contribution in [0.2, 0.25) is 0 Å². The average Bonchev–Trinajstić information content (AvgIpc) is 3.49. The number of hydrogen-bond acceptors (Lipinski definition) is 6. The van der Waals surface area contributed by atoms with E-state index < -0.39 is 5.91 Å². The number of carbonyl (C=O) groups excluding carboxylic acids is 1. The van der Waals surface area contributed by atoms with Gasteiger partial charge in [0.05, 0.1) is 36.4 Å². The van der Waals surface area contributed by atoms with Gasteiger partial charge in [0.25, 0.3) is 11.5 Å². The topological polar surface area (TPSA) is 115 Å². The number of nitrogens with zero attached hydrogens (tertiary/aromatic N) is 3. The Kier molecular flexibility index (Phi) is 5.10. The van der Waals surface area contributed by atoms with Crippen molar-refractivity contribution in [3.63, 3.8) is 0 Å². The highest BCUT2D eigenvalue weighted by Crippen LogP contribution is 2.17. The summed E-state index contributed by atoms with van der Waals surface area (Å²) in [6.45, 7) is 3.08. The van der Waals surface area contributed by atoms with E-state index in [1.54, 1.807) is 29.0 Å². The van der Waals surface area contributed by atoms with Crippen molar-refractivity contribution in [3.05, 3.63) is 75.5 Å². The van der Waals surface area contributed by atoms with Crippen molar-refractivity contribution in [1.82, 2.24) is 19.3 Å². The van der Waals surface area contributed by atoms with Crippen LogP contribution in [0.25, 0.3) is 16.7 Å². The Bertz CT molecular complexity index is 1430. The van der Waals surface area contributed by atoms with Gasteiger partial charge in [-0.05, 0) is 49.6 Å². The zero-order valence-corrected chi connectivity index (χ0v) is 17.6. The Morgan fingerprint density at radius 1 is 1.31 bits per heavy atom. The summed E-state index contributed by atoms with van der Waals surface area (Å²) in [7, 11) is 0. The number of carbonyl (C=O) groups is 1. The Labute approximate surface area is 182 Å². The molecule has 1 fully saturated rings. The van der Waals surface area contributed by atoms with Crippen molar-refractivity contribution in [1.29, 1.82) is 5.41 Å². The van der Waals surface area contributed by atoms with Gasteiger partial charge in [-0.1, -0.05) is 6.07 Å². The Morgan fingerprint density at radius 3 is 2.94 bits per heavy atom. The summed E-state index contributed by atoms with van der Waals surface area (Å²) in [5.41, 5.74) is 1.58. The maximum absolute atomic E-state index is 13.3. The van der Waals surface area contributed by atoms with Crippen molar-refractivity contribution in [2.75, 3.05) is 6.61 Å². The molecule has 32 heavy (non-hydrogen) atoms. The molecule has 9 nitrogen and oxygen atoms in total. The zero-order valence-electron chi connectivity index (χ0n) is 17.6. The zero-order chi connectivity index (χ0) is 22.2. The van der Waals surface area contributed by atoms with E-state index in [0.717, 1.165) is 18.4 Å². The molecule has 9 heteroatoms. The number of aromatic nitrogens is 3. The molecule has 1 aliphatic heterocycles. The van der Waals surface area contributed by atoms with Crippen LogP contribution in [0.5, 0.6) is 0 Å². The summed E-state index contributed by atoms with van der Waals surface area (Å²) in [5.74, 6) is 0.143. The van der Waals surface area contributed by atoms with Gasteiger partial charge in [-0.25, -0.2) is 4.98 Å². The SMILES string of the molecule is Cc1cccn2c(=O)c3cc(C(=O)NCc4ccco4)c(=N)n(C[C@H]4CCCO4)c3nc12. The number of furan rings is 1. The van der Waals surface area contributed by atoms with E-state index >= 15 is 0 Å². The quantitative estimate of drug-likeness (QED) is 0.468. The van der Waals surface area contributed by atoms with Gasteiger partial charge in [-0.2, -0.15) is 0 Å². The summed E-state index contributed by atoms with van der Waals surface area (Å²) in [5, 5.41) is 11.8. The van der Waals surface area contributed by atoms with Gasteiger partial charge in [-0.15, -0.1) is 0 Å². The lowest BCUT2D eigenvalue weighted by atomic mass is 10.1. The van der Waals surface area contributed by atoms with Crippen molar-refractivity contribution < 1.29 is 13.9 Å². The van der Waals surface area contributed by atoms with Gasteiger partial charge in [0.15, 0.2) is 0 Å². The van der Waals surface area contributed by atoms with E-state index in [4.69, 9.17) is 19.5 Å². The van der Waals surface area contributed by atoms with Gasteiger partial charge in [0, 0.05) is 12.8 Å². The second-order valence-electron chi connectivity index (χ2n) is 7.95. The third-order valence-electron chi connectivity index (χ3n) is 5.79. The number of aryl methyl sites for hydroxylation is 1. The fraction of sp³-hybridized carbons (Fsp3) is 0.304. The number of nitrogens with one attached hydrogen (secondary N) is 2. The molecule has 0 bridgehead atoms. The lowest BCUT2D eigenvalue weighted by molar-refractivity contribution is 0.0929. The molecule has 164 valence electrons. The van der Waals surface area contributed by atoms with Crippen LogP contribution in [0.3, 0.4) is 0 Å². The molecule has 4 aromatic rings. The van der Waals surface area contributed by atoms with Gasteiger partial charge < -0.3 is 19.0 Å². The normalized spacial score (nSPS) is 16.1. The first-order valence-corrected chi connectivity index (χ1v) is 10.6. The lowest BCUT2D eigenvalue weighted by Crippen LogP contribution is -2.36. The Morgan fingerprint density at radius 2 is 2.19 bits per heavy atom. The summed E-state index contributed by atoms with van der Waals surface area (Å²) in [6.07, 6.45) is 4.90. The molecule has 2 N–H and O–H groups in total. The van der Waals surface area contributed by atoms with E-state index in [1.165, 1.54) is 16.7 Å². The summed E-state index contributed by atoms with van der Waals surface area (Å²) >= 11 is 0. The standard InChI is InChI=1S/C23H23N5O4/c1-14-5-2-8-27-20(14)26-21-18(23(27)30)11-17(22(29)25-12-15-6-3-9-31-15)19(24)28(21)13-16-7-4-10-32-16/h2-3,5-6,8-9,11,16,24H,4,7,10,12-13H2,1H3,(H,25,29)/t16-/m1/s1. The molecule has 1 atom stereocenters. The molecule has 1 amide bonds. The summed E-state index contributed by atoms with van der Waals surface area (Å²) in [4.78, 5) is 31.0. The van der Waals surface area contributed by atoms with Crippen molar-refractivity contribution >= 4 is 22.6 Å². The van der Waals surface area contributed by atoms with Crippen LogP contribution in [0, 0.1) is 12.3 Å².